The van der Waals surface area contributed by atoms with E-state index >= 15 is 0 Å². The average Bonchev–Trinajstić information content (AvgIpc) is 2.98. The van der Waals surface area contributed by atoms with E-state index in [1.165, 1.54) is 0 Å². The molecule has 2 aliphatic rings. The van der Waals surface area contributed by atoms with Crippen molar-refractivity contribution < 1.29 is 13.2 Å². The molecule has 2 unspecified atom stereocenters. The molecule has 1 aliphatic carbocycles. The monoisotopic (exact) mass is 250 g/mol. The van der Waals surface area contributed by atoms with Crippen molar-refractivity contribution in [3.05, 3.63) is 0 Å². The zero-order chi connectivity index (χ0) is 12.7. The first kappa shape index (κ1) is 13.1. The molecule has 0 radical (unpaired) electrons. The average molecular weight is 250 g/mol. The third kappa shape index (κ3) is 3.13. The molecule has 0 bridgehead atoms. The molecule has 0 aromatic rings. The van der Waals surface area contributed by atoms with Gasteiger partial charge < -0.3 is 5.32 Å². The maximum Gasteiger partial charge on any atom is 0.401 e. The maximum atomic E-state index is 12.6. The van der Waals surface area contributed by atoms with Gasteiger partial charge in [0.05, 0.1) is 6.54 Å². The fourth-order valence-electron chi connectivity index (χ4n) is 2.90. The minimum atomic E-state index is -4.09. The van der Waals surface area contributed by atoms with Crippen LogP contribution in [0.3, 0.4) is 0 Å². The second-order valence-electron chi connectivity index (χ2n) is 5.65. The number of halogens is 3. The Labute approximate surface area is 101 Å². The van der Waals surface area contributed by atoms with Gasteiger partial charge in [0.25, 0.3) is 0 Å². The number of hydrogen-bond acceptors (Lipinski definition) is 2. The second kappa shape index (κ2) is 4.43. The van der Waals surface area contributed by atoms with Crippen LogP contribution in [0.1, 0.15) is 33.1 Å². The summed E-state index contributed by atoms with van der Waals surface area (Å²) in [6, 6.07) is 0.0171. The lowest BCUT2D eigenvalue weighted by Gasteiger charge is -2.46. The number of nitrogens with zero attached hydrogens (tertiary/aromatic N) is 1. The zero-order valence-corrected chi connectivity index (χ0v) is 10.5. The highest BCUT2D eigenvalue weighted by atomic mass is 19.4. The van der Waals surface area contributed by atoms with E-state index in [9.17, 15) is 13.2 Å². The molecule has 0 aromatic carbocycles. The Morgan fingerprint density at radius 2 is 2.00 bits per heavy atom. The fourth-order valence-corrected chi connectivity index (χ4v) is 2.90. The highest BCUT2D eigenvalue weighted by molar-refractivity contribution is 5.04. The minimum Gasteiger partial charge on any atom is -0.308 e. The van der Waals surface area contributed by atoms with Crippen LogP contribution in [0.5, 0.6) is 0 Å². The first-order valence-corrected chi connectivity index (χ1v) is 6.40. The molecule has 0 amide bonds. The molecule has 1 saturated heterocycles. The molecule has 100 valence electrons. The fraction of sp³-hybridized carbons (Fsp3) is 1.00. The number of piperazine rings is 1. The first-order chi connectivity index (χ1) is 7.84. The van der Waals surface area contributed by atoms with Crippen LogP contribution in [0, 0.1) is 5.92 Å². The quantitative estimate of drug-likeness (QED) is 0.827. The van der Waals surface area contributed by atoms with Crippen molar-refractivity contribution in [1.82, 2.24) is 10.2 Å². The van der Waals surface area contributed by atoms with E-state index in [4.69, 9.17) is 0 Å². The summed E-state index contributed by atoms with van der Waals surface area (Å²) in [6.45, 7) is 4.46. The number of nitrogens with one attached hydrogen (secondary N) is 1. The molecule has 5 heteroatoms. The maximum absolute atomic E-state index is 12.6. The van der Waals surface area contributed by atoms with Crippen molar-refractivity contribution in [3.8, 4) is 0 Å². The van der Waals surface area contributed by atoms with Crippen LogP contribution in [-0.4, -0.2) is 42.3 Å². The Morgan fingerprint density at radius 3 is 2.47 bits per heavy atom. The van der Waals surface area contributed by atoms with Crippen LogP contribution < -0.4 is 5.32 Å². The van der Waals surface area contributed by atoms with Gasteiger partial charge in [-0.15, -0.1) is 0 Å². The van der Waals surface area contributed by atoms with E-state index in [-0.39, 0.29) is 11.6 Å². The first-order valence-electron chi connectivity index (χ1n) is 6.40. The standard InChI is InChI=1S/C12H21F3N2/c1-3-10-6-16-11(2,9-4-5-9)7-17(10)8-12(13,14)15/h9-10,16H,3-8H2,1-2H3. The molecule has 2 nitrogen and oxygen atoms in total. The molecule has 2 fully saturated rings. The third-order valence-corrected chi connectivity index (χ3v) is 4.12. The summed E-state index contributed by atoms with van der Waals surface area (Å²) >= 11 is 0. The lowest BCUT2D eigenvalue weighted by Crippen LogP contribution is -2.65. The summed E-state index contributed by atoms with van der Waals surface area (Å²) in [7, 11) is 0. The van der Waals surface area contributed by atoms with Crippen molar-refractivity contribution >= 4 is 0 Å². The highest BCUT2D eigenvalue weighted by Gasteiger charge is 2.47. The van der Waals surface area contributed by atoms with E-state index < -0.39 is 12.7 Å². The van der Waals surface area contributed by atoms with Crippen LogP contribution in [0.2, 0.25) is 0 Å². The Bertz CT molecular complexity index is 275. The summed E-state index contributed by atoms with van der Waals surface area (Å²) in [4.78, 5) is 1.62. The van der Waals surface area contributed by atoms with E-state index in [0.717, 1.165) is 19.3 Å². The minimum absolute atomic E-state index is 0.0171. The second-order valence-corrected chi connectivity index (χ2v) is 5.65. The van der Waals surface area contributed by atoms with E-state index in [0.29, 0.717) is 19.0 Å². The number of alkyl halides is 3. The third-order valence-electron chi connectivity index (χ3n) is 4.12. The van der Waals surface area contributed by atoms with Gasteiger partial charge in [-0.05, 0) is 32.1 Å². The van der Waals surface area contributed by atoms with Crippen molar-refractivity contribution in [1.29, 1.82) is 0 Å². The summed E-state index contributed by atoms with van der Waals surface area (Å²) in [5.74, 6) is 0.566. The van der Waals surface area contributed by atoms with Crippen molar-refractivity contribution in [2.75, 3.05) is 19.6 Å². The van der Waals surface area contributed by atoms with Gasteiger partial charge in [0.1, 0.15) is 0 Å². The van der Waals surface area contributed by atoms with E-state index in [1.807, 2.05) is 6.92 Å². The van der Waals surface area contributed by atoms with Crippen molar-refractivity contribution in [2.24, 2.45) is 5.92 Å². The van der Waals surface area contributed by atoms with Gasteiger partial charge in [-0.1, -0.05) is 6.92 Å². The number of hydrogen-bond donors (Lipinski definition) is 1. The molecule has 1 saturated carbocycles. The number of rotatable bonds is 3. The molecule has 0 aromatic heterocycles. The molecule has 17 heavy (non-hydrogen) atoms. The smallest absolute Gasteiger partial charge is 0.308 e. The van der Waals surface area contributed by atoms with Crippen molar-refractivity contribution in [3.63, 3.8) is 0 Å². The van der Waals surface area contributed by atoms with Gasteiger partial charge in [-0.2, -0.15) is 13.2 Å². The van der Waals surface area contributed by atoms with Gasteiger partial charge >= 0.3 is 6.18 Å². The lowest BCUT2D eigenvalue weighted by molar-refractivity contribution is -0.157. The molecule has 0 spiro atoms. The van der Waals surface area contributed by atoms with E-state index in [2.05, 4.69) is 12.2 Å². The summed E-state index contributed by atoms with van der Waals surface area (Å²) in [5.41, 5.74) is -0.114. The summed E-state index contributed by atoms with van der Waals surface area (Å²) < 4.78 is 37.7. The molecule has 2 atom stereocenters. The largest absolute Gasteiger partial charge is 0.401 e. The Balaban J connectivity index is 2.03. The molecule has 2 rings (SSSR count). The predicted octanol–water partition coefficient (Wildman–Crippen LogP) is 2.40. The summed E-state index contributed by atoms with van der Waals surface area (Å²) in [5, 5.41) is 3.47. The van der Waals surface area contributed by atoms with Gasteiger partial charge in [0, 0.05) is 24.7 Å². The van der Waals surface area contributed by atoms with Gasteiger partial charge in [-0.25, -0.2) is 0 Å². The topological polar surface area (TPSA) is 15.3 Å². The van der Waals surface area contributed by atoms with Gasteiger partial charge in [0.15, 0.2) is 0 Å². The Morgan fingerprint density at radius 1 is 1.35 bits per heavy atom. The molecule has 1 aliphatic heterocycles. The van der Waals surface area contributed by atoms with Crippen molar-refractivity contribution in [2.45, 2.75) is 50.9 Å². The van der Waals surface area contributed by atoms with Gasteiger partial charge in [-0.3, -0.25) is 4.90 Å². The normalized spacial score (nSPS) is 36.2. The van der Waals surface area contributed by atoms with Crippen LogP contribution >= 0.6 is 0 Å². The zero-order valence-electron chi connectivity index (χ0n) is 10.5. The Kier molecular flexibility index (Phi) is 3.42. The highest BCUT2D eigenvalue weighted by Crippen LogP contribution is 2.41. The van der Waals surface area contributed by atoms with E-state index in [1.54, 1.807) is 4.90 Å². The lowest BCUT2D eigenvalue weighted by atomic mass is 9.90. The van der Waals surface area contributed by atoms with Crippen LogP contribution in [-0.2, 0) is 0 Å². The molecule has 1 N–H and O–H groups in total. The molecular formula is C12H21F3N2. The predicted molar refractivity (Wildman–Crippen MR) is 60.8 cm³/mol. The van der Waals surface area contributed by atoms with Crippen LogP contribution in [0.15, 0.2) is 0 Å². The molecule has 1 heterocycles. The Hall–Kier alpha value is -0.290. The SMILES string of the molecule is CCC1CNC(C)(C2CC2)CN1CC(F)(F)F. The van der Waals surface area contributed by atoms with Crippen LogP contribution in [0.25, 0.3) is 0 Å². The summed E-state index contributed by atoms with van der Waals surface area (Å²) in [6.07, 6.45) is -1.01. The molecular weight excluding hydrogens is 229 g/mol. The van der Waals surface area contributed by atoms with Crippen LogP contribution in [0.4, 0.5) is 13.2 Å². The van der Waals surface area contributed by atoms with Gasteiger partial charge in [0.2, 0.25) is 0 Å².